The zero-order valence-corrected chi connectivity index (χ0v) is 25.9. The number of carboxylic acid groups (broad SMARTS) is 3. The predicted molar refractivity (Wildman–Crippen MR) is 167 cm³/mol. The fraction of sp³-hybridized carbons (Fsp3) is 0.485. The Bertz CT molecular complexity index is 1410. The lowest BCUT2D eigenvalue weighted by Crippen LogP contribution is -2.44. The Balaban J connectivity index is 0.000000345. The number of aromatic nitrogens is 1. The van der Waals surface area contributed by atoms with Crippen LogP contribution in [0, 0.1) is 6.92 Å². The first-order valence-corrected chi connectivity index (χ1v) is 14.8. The molecule has 1 aliphatic carbocycles. The maximum absolute atomic E-state index is 10.6. The van der Waals surface area contributed by atoms with Gasteiger partial charge in [0.25, 0.3) is 0 Å². The first kappa shape index (κ1) is 34.7. The van der Waals surface area contributed by atoms with Gasteiger partial charge in [0.05, 0.1) is 25.5 Å². The zero-order chi connectivity index (χ0) is 32.7. The molecule has 0 bridgehead atoms. The summed E-state index contributed by atoms with van der Waals surface area (Å²) in [7, 11) is 6.35. The van der Waals surface area contributed by atoms with Gasteiger partial charge in [0.2, 0.25) is 0 Å². The lowest BCUT2D eigenvalue weighted by molar-refractivity contribution is -0.170. The van der Waals surface area contributed by atoms with Crippen LogP contribution in [0.1, 0.15) is 61.3 Å². The SMILES string of the molecule is CNCC(O)Cn1c(C2CCC(c3ccccc3)(N(C)C)CC2)c(C)c2ccccc21.O=C(O)CC(O)(CC(=O)O)C(=O)O. The summed E-state index contributed by atoms with van der Waals surface area (Å²) in [4.78, 5) is 32.9. The Morgan fingerprint density at radius 1 is 0.977 bits per heavy atom. The molecule has 3 aromatic rings. The van der Waals surface area contributed by atoms with E-state index in [4.69, 9.17) is 20.4 Å². The fourth-order valence-electron chi connectivity index (χ4n) is 6.56. The van der Waals surface area contributed by atoms with E-state index in [1.54, 1.807) is 0 Å². The van der Waals surface area contributed by atoms with Crippen molar-refractivity contribution in [1.29, 1.82) is 0 Å². The van der Waals surface area contributed by atoms with Crippen molar-refractivity contribution < 1.29 is 39.9 Å². The minimum absolute atomic E-state index is 0.105. The molecule has 0 saturated heterocycles. The van der Waals surface area contributed by atoms with E-state index in [-0.39, 0.29) is 5.54 Å². The van der Waals surface area contributed by atoms with Crippen molar-refractivity contribution in [3.63, 3.8) is 0 Å². The minimum atomic E-state index is -2.74. The number of para-hydroxylation sites is 1. The van der Waals surface area contributed by atoms with Crippen LogP contribution in [0.3, 0.4) is 0 Å². The van der Waals surface area contributed by atoms with Gasteiger partial charge >= 0.3 is 17.9 Å². The second-order valence-corrected chi connectivity index (χ2v) is 11.9. The number of likely N-dealkylation sites (N-methyl/N-ethyl adjacent to an activating group) is 1. The number of aliphatic hydroxyl groups is 2. The molecule has 4 rings (SSSR count). The molecule has 1 atom stereocenters. The van der Waals surface area contributed by atoms with Crippen LogP contribution in [0.4, 0.5) is 0 Å². The summed E-state index contributed by atoms with van der Waals surface area (Å²) < 4.78 is 2.41. The molecule has 1 heterocycles. The summed E-state index contributed by atoms with van der Waals surface area (Å²) in [5.74, 6) is -4.50. The van der Waals surface area contributed by atoms with Crippen molar-refractivity contribution in [2.45, 2.75) is 75.2 Å². The molecule has 0 aliphatic heterocycles. The quantitative estimate of drug-likeness (QED) is 0.178. The van der Waals surface area contributed by atoms with Crippen molar-refractivity contribution in [1.82, 2.24) is 14.8 Å². The number of nitrogens with one attached hydrogen (secondary N) is 1. The van der Waals surface area contributed by atoms with Crippen LogP contribution >= 0.6 is 0 Å². The maximum Gasteiger partial charge on any atom is 0.336 e. The summed E-state index contributed by atoms with van der Waals surface area (Å²) in [6, 6.07) is 19.7. The van der Waals surface area contributed by atoms with E-state index in [1.165, 1.54) is 27.7 Å². The molecular formula is C33H45N3O8. The van der Waals surface area contributed by atoms with Crippen molar-refractivity contribution in [3.8, 4) is 0 Å². The Hall–Kier alpha value is -3.77. The first-order valence-electron chi connectivity index (χ1n) is 14.8. The summed E-state index contributed by atoms with van der Waals surface area (Å²) in [5.41, 5.74) is 2.86. The molecule has 11 nitrogen and oxygen atoms in total. The number of aryl methyl sites for hydroxylation is 1. The Labute approximate surface area is 257 Å². The van der Waals surface area contributed by atoms with E-state index in [0.717, 1.165) is 25.7 Å². The average Bonchev–Trinajstić information content (AvgIpc) is 3.24. The molecule has 1 fully saturated rings. The molecule has 11 heteroatoms. The van der Waals surface area contributed by atoms with Gasteiger partial charge in [-0.25, -0.2) is 4.79 Å². The number of carboxylic acids is 3. The average molecular weight is 612 g/mol. The summed E-state index contributed by atoms with van der Waals surface area (Å²) in [6.45, 7) is 3.51. The van der Waals surface area contributed by atoms with E-state index < -0.39 is 42.5 Å². The van der Waals surface area contributed by atoms with E-state index >= 15 is 0 Å². The lowest BCUT2D eigenvalue weighted by Gasteiger charge is -2.46. The third-order valence-electron chi connectivity index (χ3n) is 8.76. The number of aliphatic carboxylic acids is 3. The number of nitrogens with zero attached hydrogens (tertiary/aromatic N) is 2. The number of fused-ring (bicyclic) bond motifs is 1. The Morgan fingerprint density at radius 2 is 1.52 bits per heavy atom. The Kier molecular flexibility index (Phi) is 11.7. The zero-order valence-electron chi connectivity index (χ0n) is 25.9. The number of aliphatic hydroxyl groups excluding tert-OH is 1. The molecule has 6 N–H and O–H groups in total. The molecule has 0 radical (unpaired) electrons. The predicted octanol–water partition coefficient (Wildman–Crippen LogP) is 3.40. The number of benzene rings is 2. The van der Waals surface area contributed by atoms with Crippen LogP contribution in [0.5, 0.6) is 0 Å². The highest BCUT2D eigenvalue weighted by Gasteiger charge is 2.41. The molecule has 44 heavy (non-hydrogen) atoms. The lowest BCUT2D eigenvalue weighted by atomic mass is 9.71. The normalized spacial score (nSPS) is 19.3. The van der Waals surface area contributed by atoms with E-state index in [9.17, 15) is 19.5 Å². The highest BCUT2D eigenvalue weighted by atomic mass is 16.4. The number of hydrogen-bond donors (Lipinski definition) is 6. The molecule has 0 amide bonds. The molecular weight excluding hydrogens is 566 g/mol. The topological polar surface area (TPSA) is 173 Å². The number of hydrogen-bond acceptors (Lipinski definition) is 7. The van der Waals surface area contributed by atoms with Gasteiger partial charge in [-0.2, -0.15) is 0 Å². The number of carbonyl (C=O) groups is 3. The van der Waals surface area contributed by atoms with Gasteiger partial charge in [-0.15, -0.1) is 0 Å². The van der Waals surface area contributed by atoms with Crippen LogP contribution in [-0.4, -0.2) is 92.3 Å². The summed E-state index contributed by atoms with van der Waals surface area (Å²) in [5, 5.41) is 48.9. The smallest absolute Gasteiger partial charge is 0.336 e. The largest absolute Gasteiger partial charge is 0.481 e. The first-order chi connectivity index (χ1) is 20.8. The van der Waals surface area contributed by atoms with Crippen LogP contribution < -0.4 is 5.32 Å². The van der Waals surface area contributed by atoms with Crippen molar-refractivity contribution in [3.05, 3.63) is 71.4 Å². The van der Waals surface area contributed by atoms with Crippen molar-refractivity contribution >= 4 is 28.8 Å². The summed E-state index contributed by atoms with van der Waals surface area (Å²) in [6.07, 6.45) is 1.93. The monoisotopic (exact) mass is 611 g/mol. The van der Waals surface area contributed by atoms with E-state index in [2.05, 4.69) is 90.4 Å². The molecule has 1 aliphatic rings. The van der Waals surface area contributed by atoms with Gasteiger partial charge in [-0.3, -0.25) is 14.5 Å². The van der Waals surface area contributed by atoms with Gasteiger partial charge < -0.3 is 35.4 Å². The van der Waals surface area contributed by atoms with Crippen LogP contribution in [0.25, 0.3) is 10.9 Å². The molecule has 1 unspecified atom stereocenters. The van der Waals surface area contributed by atoms with Gasteiger partial charge in [-0.05, 0) is 76.9 Å². The number of rotatable bonds is 12. The Morgan fingerprint density at radius 3 is 2.02 bits per heavy atom. The maximum atomic E-state index is 10.6. The molecule has 240 valence electrons. The van der Waals surface area contributed by atoms with Gasteiger partial charge in [0.15, 0.2) is 5.60 Å². The molecule has 0 spiro atoms. The van der Waals surface area contributed by atoms with Gasteiger partial charge in [0, 0.05) is 28.7 Å². The molecule has 1 aromatic heterocycles. The van der Waals surface area contributed by atoms with Crippen molar-refractivity contribution in [2.24, 2.45) is 0 Å². The fourth-order valence-corrected chi connectivity index (χ4v) is 6.56. The van der Waals surface area contributed by atoms with Gasteiger partial charge in [0.1, 0.15) is 0 Å². The van der Waals surface area contributed by atoms with E-state index in [0.29, 0.717) is 19.0 Å². The third kappa shape index (κ3) is 7.84. The van der Waals surface area contributed by atoms with Gasteiger partial charge in [-0.1, -0.05) is 48.5 Å². The highest BCUT2D eigenvalue weighted by molar-refractivity contribution is 5.88. The minimum Gasteiger partial charge on any atom is -0.481 e. The van der Waals surface area contributed by atoms with Crippen LogP contribution in [0.15, 0.2) is 54.6 Å². The second kappa shape index (κ2) is 14.8. The second-order valence-electron chi connectivity index (χ2n) is 11.9. The molecule has 2 aromatic carbocycles. The standard InChI is InChI=1S/C27H37N3O.C6H8O7/c1-20-24-12-8-9-13-25(24)30(19-23(31)18-28-2)26(20)21-14-16-27(17-15-21,29(3)4)22-10-6-5-7-11-22;7-3(8)1-6(13,5(11)12)2-4(9)10/h5-13,21,23,28,31H,14-19H2,1-4H3;13H,1-2H2,(H,7,8)(H,9,10)(H,11,12). The highest BCUT2D eigenvalue weighted by Crippen LogP contribution is 2.47. The molecule has 1 saturated carbocycles. The third-order valence-corrected chi connectivity index (χ3v) is 8.76. The van der Waals surface area contributed by atoms with Crippen LogP contribution in [-0.2, 0) is 26.5 Å². The summed E-state index contributed by atoms with van der Waals surface area (Å²) >= 11 is 0. The van der Waals surface area contributed by atoms with Crippen LogP contribution in [0.2, 0.25) is 0 Å². The van der Waals surface area contributed by atoms with Crippen molar-refractivity contribution in [2.75, 3.05) is 27.7 Å². The van der Waals surface area contributed by atoms with E-state index in [1.807, 2.05) is 7.05 Å².